The fourth-order valence-corrected chi connectivity index (χ4v) is 1.64. The molecule has 0 radical (unpaired) electrons. The number of nitriles is 1. The van der Waals surface area contributed by atoms with Crippen LogP contribution in [0.2, 0.25) is 0 Å². The normalized spacial score (nSPS) is 19.8. The predicted octanol–water partition coefficient (Wildman–Crippen LogP) is 1.49. The summed E-state index contributed by atoms with van der Waals surface area (Å²) in [5.74, 6) is 0.323. The molecule has 3 heteroatoms. The molecule has 1 saturated heterocycles. The Hall–Kier alpha value is -1.53. The van der Waals surface area contributed by atoms with E-state index in [1.165, 1.54) is 0 Å². The lowest BCUT2D eigenvalue weighted by Crippen LogP contribution is -2.35. The third-order valence-corrected chi connectivity index (χ3v) is 2.57. The first kappa shape index (κ1) is 9.04. The van der Waals surface area contributed by atoms with E-state index in [2.05, 4.69) is 11.4 Å². The maximum atomic E-state index is 9.62. The summed E-state index contributed by atoms with van der Waals surface area (Å²) in [5.41, 5.74) is 1.89. The van der Waals surface area contributed by atoms with Gasteiger partial charge in [-0.3, -0.25) is 0 Å². The van der Waals surface area contributed by atoms with Crippen LogP contribution in [-0.4, -0.2) is 11.7 Å². The lowest BCUT2D eigenvalue weighted by Gasteiger charge is -2.28. The van der Waals surface area contributed by atoms with E-state index < -0.39 is 0 Å². The Morgan fingerprint density at radius 2 is 2.36 bits per heavy atom. The van der Waals surface area contributed by atoms with Crippen molar-refractivity contribution in [3.63, 3.8) is 0 Å². The molecule has 2 rings (SSSR count). The van der Waals surface area contributed by atoms with Gasteiger partial charge >= 0.3 is 0 Å². The zero-order valence-corrected chi connectivity index (χ0v) is 7.83. The molecule has 1 aliphatic rings. The van der Waals surface area contributed by atoms with E-state index in [1.807, 2.05) is 6.07 Å². The molecule has 0 amide bonds. The second kappa shape index (κ2) is 3.69. The Morgan fingerprint density at radius 3 is 2.93 bits per heavy atom. The van der Waals surface area contributed by atoms with E-state index in [9.17, 15) is 5.11 Å². The highest BCUT2D eigenvalue weighted by molar-refractivity contribution is 5.40. The SMILES string of the molecule is N#CCc1ccc(O)c([C@H]2CCN2)c1. The number of benzene rings is 1. The molecule has 0 unspecified atom stereocenters. The number of phenols is 1. The van der Waals surface area contributed by atoms with E-state index in [-0.39, 0.29) is 6.04 Å². The van der Waals surface area contributed by atoms with Crippen molar-refractivity contribution in [3.05, 3.63) is 29.3 Å². The molecule has 1 fully saturated rings. The molecule has 72 valence electrons. The summed E-state index contributed by atoms with van der Waals surface area (Å²) in [5, 5.41) is 21.4. The van der Waals surface area contributed by atoms with Crippen molar-refractivity contribution in [2.24, 2.45) is 0 Å². The first-order chi connectivity index (χ1) is 6.81. The molecule has 1 aliphatic heterocycles. The molecule has 2 N–H and O–H groups in total. The van der Waals surface area contributed by atoms with Gasteiger partial charge < -0.3 is 10.4 Å². The molecular formula is C11H12N2O. The van der Waals surface area contributed by atoms with Crippen molar-refractivity contribution in [2.75, 3.05) is 6.54 Å². The maximum Gasteiger partial charge on any atom is 0.120 e. The third-order valence-electron chi connectivity index (χ3n) is 2.57. The van der Waals surface area contributed by atoms with Gasteiger partial charge in [0.2, 0.25) is 0 Å². The monoisotopic (exact) mass is 188 g/mol. The Labute approximate surface area is 83.0 Å². The van der Waals surface area contributed by atoms with Gasteiger partial charge in [0.25, 0.3) is 0 Å². The summed E-state index contributed by atoms with van der Waals surface area (Å²) in [6, 6.07) is 7.75. The summed E-state index contributed by atoms with van der Waals surface area (Å²) in [7, 11) is 0. The average molecular weight is 188 g/mol. The number of phenolic OH excluding ortho intramolecular Hbond substituents is 1. The van der Waals surface area contributed by atoms with Crippen molar-refractivity contribution < 1.29 is 5.11 Å². The van der Waals surface area contributed by atoms with Gasteiger partial charge in [0.15, 0.2) is 0 Å². The Balaban J connectivity index is 2.28. The molecule has 3 nitrogen and oxygen atoms in total. The number of rotatable bonds is 2. The van der Waals surface area contributed by atoms with E-state index in [0.717, 1.165) is 24.1 Å². The maximum absolute atomic E-state index is 9.62. The van der Waals surface area contributed by atoms with Crippen molar-refractivity contribution in [3.8, 4) is 11.8 Å². The predicted molar refractivity (Wildman–Crippen MR) is 52.8 cm³/mol. The van der Waals surface area contributed by atoms with Crippen molar-refractivity contribution >= 4 is 0 Å². The van der Waals surface area contributed by atoms with Crippen LogP contribution in [0.1, 0.15) is 23.6 Å². The molecule has 1 aromatic rings. The highest BCUT2D eigenvalue weighted by Crippen LogP contribution is 2.30. The quantitative estimate of drug-likeness (QED) is 0.739. The fourth-order valence-electron chi connectivity index (χ4n) is 1.64. The van der Waals surface area contributed by atoms with Crippen LogP contribution >= 0.6 is 0 Å². The molecule has 0 spiro atoms. The van der Waals surface area contributed by atoms with Crippen LogP contribution in [0.4, 0.5) is 0 Å². The van der Waals surface area contributed by atoms with Crippen LogP contribution in [0.15, 0.2) is 18.2 Å². The lowest BCUT2D eigenvalue weighted by atomic mass is 9.95. The second-order valence-corrected chi connectivity index (χ2v) is 3.52. The minimum atomic E-state index is 0.272. The van der Waals surface area contributed by atoms with E-state index in [4.69, 9.17) is 5.26 Å². The first-order valence-corrected chi connectivity index (χ1v) is 4.73. The molecule has 0 aliphatic carbocycles. The summed E-state index contributed by atoms with van der Waals surface area (Å²) in [6.45, 7) is 1.01. The van der Waals surface area contributed by atoms with Gasteiger partial charge in [-0.1, -0.05) is 6.07 Å². The minimum absolute atomic E-state index is 0.272. The number of hydrogen-bond donors (Lipinski definition) is 2. The van der Waals surface area contributed by atoms with Gasteiger partial charge in [-0.15, -0.1) is 0 Å². The van der Waals surface area contributed by atoms with Crippen LogP contribution in [0.25, 0.3) is 0 Å². The molecule has 1 heterocycles. The smallest absolute Gasteiger partial charge is 0.120 e. The summed E-state index contributed by atoms with van der Waals surface area (Å²) in [6.07, 6.45) is 1.46. The van der Waals surface area contributed by atoms with Gasteiger partial charge in [-0.25, -0.2) is 0 Å². The second-order valence-electron chi connectivity index (χ2n) is 3.52. The largest absolute Gasteiger partial charge is 0.508 e. The molecule has 1 aromatic carbocycles. The third kappa shape index (κ3) is 1.57. The molecule has 14 heavy (non-hydrogen) atoms. The summed E-state index contributed by atoms with van der Waals surface area (Å²) >= 11 is 0. The van der Waals surface area contributed by atoms with E-state index in [1.54, 1.807) is 12.1 Å². The lowest BCUT2D eigenvalue weighted by molar-refractivity contribution is 0.364. The number of hydrogen-bond acceptors (Lipinski definition) is 3. The van der Waals surface area contributed by atoms with Crippen LogP contribution in [0.3, 0.4) is 0 Å². The number of nitrogens with one attached hydrogen (secondary N) is 1. The highest BCUT2D eigenvalue weighted by Gasteiger charge is 2.21. The van der Waals surface area contributed by atoms with Gasteiger partial charge in [-0.2, -0.15) is 5.26 Å². The molecule has 0 aromatic heterocycles. The fraction of sp³-hybridized carbons (Fsp3) is 0.364. The average Bonchev–Trinajstić information content (AvgIpc) is 2.08. The zero-order chi connectivity index (χ0) is 9.97. The first-order valence-electron chi connectivity index (χ1n) is 4.73. The zero-order valence-electron chi connectivity index (χ0n) is 7.83. The molecular weight excluding hydrogens is 176 g/mol. The highest BCUT2D eigenvalue weighted by atomic mass is 16.3. The molecule has 1 atom stereocenters. The number of nitrogens with zero attached hydrogens (tertiary/aromatic N) is 1. The minimum Gasteiger partial charge on any atom is -0.508 e. The summed E-state index contributed by atoms with van der Waals surface area (Å²) in [4.78, 5) is 0. The Bertz CT molecular complexity index is 377. The standard InChI is InChI=1S/C11H12N2O/c12-5-3-8-1-2-11(14)9(7-8)10-4-6-13-10/h1-2,7,10,13-14H,3-4,6H2/t10-/m1/s1. The van der Waals surface area contributed by atoms with Gasteiger partial charge in [0, 0.05) is 11.6 Å². The Morgan fingerprint density at radius 1 is 1.57 bits per heavy atom. The number of aromatic hydroxyl groups is 1. The Kier molecular flexibility index (Phi) is 2.38. The van der Waals surface area contributed by atoms with E-state index >= 15 is 0 Å². The van der Waals surface area contributed by atoms with Gasteiger partial charge in [0.05, 0.1) is 12.5 Å². The summed E-state index contributed by atoms with van der Waals surface area (Å²) < 4.78 is 0. The van der Waals surface area contributed by atoms with Gasteiger partial charge in [-0.05, 0) is 30.7 Å². The van der Waals surface area contributed by atoms with Crippen molar-refractivity contribution in [2.45, 2.75) is 18.9 Å². The van der Waals surface area contributed by atoms with Crippen LogP contribution in [-0.2, 0) is 6.42 Å². The van der Waals surface area contributed by atoms with Crippen LogP contribution in [0, 0.1) is 11.3 Å². The van der Waals surface area contributed by atoms with E-state index in [0.29, 0.717) is 12.2 Å². The topological polar surface area (TPSA) is 56.0 Å². The van der Waals surface area contributed by atoms with Crippen LogP contribution in [0.5, 0.6) is 5.75 Å². The van der Waals surface area contributed by atoms with Gasteiger partial charge in [0.1, 0.15) is 5.75 Å². The van der Waals surface area contributed by atoms with Crippen molar-refractivity contribution in [1.29, 1.82) is 5.26 Å². The van der Waals surface area contributed by atoms with Crippen molar-refractivity contribution in [1.82, 2.24) is 5.32 Å². The molecule has 0 saturated carbocycles. The molecule has 0 bridgehead atoms. The van der Waals surface area contributed by atoms with Crippen LogP contribution < -0.4 is 5.32 Å².